The molecule has 1 atom stereocenters. The van der Waals surface area contributed by atoms with E-state index in [0.717, 1.165) is 11.0 Å². The molecular weight excluding hydrogens is 224 g/mol. The lowest BCUT2D eigenvalue weighted by Crippen LogP contribution is -2.10. The van der Waals surface area contributed by atoms with Crippen molar-refractivity contribution in [2.75, 3.05) is 13.1 Å². The number of thiazole rings is 1. The predicted molar refractivity (Wildman–Crippen MR) is 61.9 cm³/mol. The van der Waals surface area contributed by atoms with Gasteiger partial charge in [-0.1, -0.05) is 0 Å². The summed E-state index contributed by atoms with van der Waals surface area (Å²) < 4.78 is 0. The SMILES string of the molecule is Cl.c1ncc(CSC2CCNC2)s1. The molecule has 2 rings (SSSR count). The summed E-state index contributed by atoms with van der Waals surface area (Å²) in [6, 6.07) is 0. The first-order valence-electron chi connectivity index (χ1n) is 4.15. The minimum Gasteiger partial charge on any atom is -0.316 e. The summed E-state index contributed by atoms with van der Waals surface area (Å²) in [6.45, 7) is 2.38. The summed E-state index contributed by atoms with van der Waals surface area (Å²) in [5.41, 5.74) is 1.91. The van der Waals surface area contributed by atoms with Gasteiger partial charge in [0.1, 0.15) is 0 Å². The summed E-state index contributed by atoms with van der Waals surface area (Å²) in [5.74, 6) is 1.14. The molecule has 1 saturated heterocycles. The van der Waals surface area contributed by atoms with Crippen molar-refractivity contribution >= 4 is 35.5 Å². The monoisotopic (exact) mass is 236 g/mol. The summed E-state index contributed by atoms with van der Waals surface area (Å²) in [4.78, 5) is 5.45. The number of hydrogen-bond acceptors (Lipinski definition) is 4. The number of aromatic nitrogens is 1. The lowest BCUT2D eigenvalue weighted by molar-refractivity contribution is 0.858. The Morgan fingerprint density at radius 3 is 3.23 bits per heavy atom. The Balaban J connectivity index is 0.000000845. The van der Waals surface area contributed by atoms with Crippen LogP contribution >= 0.6 is 35.5 Å². The van der Waals surface area contributed by atoms with Crippen LogP contribution in [0.25, 0.3) is 0 Å². The predicted octanol–water partition coefficient (Wildman–Crippen LogP) is 2.16. The number of nitrogens with one attached hydrogen (secondary N) is 1. The lowest BCUT2D eigenvalue weighted by Gasteiger charge is -2.05. The molecule has 1 N–H and O–H groups in total. The van der Waals surface area contributed by atoms with Crippen molar-refractivity contribution in [3.05, 3.63) is 16.6 Å². The topological polar surface area (TPSA) is 24.9 Å². The maximum absolute atomic E-state index is 4.06. The van der Waals surface area contributed by atoms with Gasteiger partial charge in [0, 0.05) is 28.6 Å². The molecule has 1 fully saturated rings. The molecule has 0 aliphatic carbocycles. The molecule has 0 bridgehead atoms. The van der Waals surface area contributed by atoms with Crippen LogP contribution in [0.5, 0.6) is 0 Å². The number of nitrogens with zero attached hydrogens (tertiary/aromatic N) is 1. The zero-order valence-electron chi connectivity index (χ0n) is 7.23. The Morgan fingerprint density at radius 1 is 1.69 bits per heavy atom. The molecule has 74 valence electrons. The molecule has 1 aromatic rings. The van der Waals surface area contributed by atoms with Gasteiger partial charge in [-0.15, -0.1) is 23.7 Å². The highest BCUT2D eigenvalue weighted by atomic mass is 35.5. The largest absolute Gasteiger partial charge is 0.316 e. The Morgan fingerprint density at radius 2 is 2.62 bits per heavy atom. The Kier molecular flexibility index (Phi) is 5.09. The van der Waals surface area contributed by atoms with Crippen LogP contribution in [0.4, 0.5) is 0 Å². The van der Waals surface area contributed by atoms with Crippen LogP contribution < -0.4 is 5.32 Å². The molecule has 0 amide bonds. The van der Waals surface area contributed by atoms with Crippen LogP contribution in [0.1, 0.15) is 11.3 Å². The molecule has 1 aliphatic heterocycles. The Labute approximate surface area is 92.9 Å². The average Bonchev–Trinajstić information content (AvgIpc) is 2.74. The van der Waals surface area contributed by atoms with Gasteiger partial charge in [0.2, 0.25) is 0 Å². The first kappa shape index (κ1) is 11.3. The van der Waals surface area contributed by atoms with Crippen molar-refractivity contribution in [2.45, 2.75) is 17.4 Å². The van der Waals surface area contributed by atoms with Crippen molar-refractivity contribution in [2.24, 2.45) is 0 Å². The van der Waals surface area contributed by atoms with E-state index in [-0.39, 0.29) is 12.4 Å². The van der Waals surface area contributed by atoms with Crippen molar-refractivity contribution in [3.63, 3.8) is 0 Å². The second-order valence-corrected chi connectivity index (χ2v) is 5.15. The van der Waals surface area contributed by atoms with E-state index in [4.69, 9.17) is 0 Å². The highest BCUT2D eigenvalue weighted by molar-refractivity contribution is 7.99. The Bertz CT molecular complexity index is 222. The van der Waals surface area contributed by atoms with Crippen molar-refractivity contribution in [1.29, 1.82) is 0 Å². The molecule has 13 heavy (non-hydrogen) atoms. The van der Waals surface area contributed by atoms with E-state index in [0.29, 0.717) is 0 Å². The molecule has 2 heterocycles. The van der Waals surface area contributed by atoms with Crippen LogP contribution in [0.3, 0.4) is 0 Å². The van der Waals surface area contributed by atoms with Gasteiger partial charge in [0.15, 0.2) is 0 Å². The summed E-state index contributed by atoms with van der Waals surface area (Å²) >= 11 is 3.80. The van der Waals surface area contributed by atoms with Gasteiger partial charge < -0.3 is 5.32 Å². The molecule has 1 aromatic heterocycles. The van der Waals surface area contributed by atoms with E-state index in [2.05, 4.69) is 10.3 Å². The molecule has 2 nitrogen and oxygen atoms in total. The highest BCUT2D eigenvalue weighted by Crippen LogP contribution is 2.23. The summed E-state index contributed by atoms with van der Waals surface area (Å²) in [6.07, 6.45) is 3.30. The van der Waals surface area contributed by atoms with Gasteiger partial charge in [0.05, 0.1) is 5.51 Å². The molecule has 1 aliphatic rings. The molecule has 0 aromatic carbocycles. The van der Waals surface area contributed by atoms with Gasteiger partial charge in [-0.25, -0.2) is 0 Å². The van der Waals surface area contributed by atoms with Crippen LogP contribution in [-0.4, -0.2) is 23.3 Å². The van der Waals surface area contributed by atoms with E-state index in [1.165, 1.54) is 24.4 Å². The van der Waals surface area contributed by atoms with Crippen molar-refractivity contribution in [1.82, 2.24) is 10.3 Å². The van der Waals surface area contributed by atoms with Gasteiger partial charge in [-0.05, 0) is 13.0 Å². The molecule has 0 saturated carbocycles. The van der Waals surface area contributed by atoms with E-state index in [1.807, 2.05) is 23.5 Å². The lowest BCUT2D eigenvalue weighted by atomic mass is 10.4. The molecule has 0 radical (unpaired) electrons. The van der Waals surface area contributed by atoms with Gasteiger partial charge >= 0.3 is 0 Å². The quantitative estimate of drug-likeness (QED) is 0.871. The molecule has 0 spiro atoms. The zero-order chi connectivity index (χ0) is 8.23. The fraction of sp³-hybridized carbons (Fsp3) is 0.625. The van der Waals surface area contributed by atoms with Crippen molar-refractivity contribution in [3.8, 4) is 0 Å². The van der Waals surface area contributed by atoms with E-state index >= 15 is 0 Å². The third kappa shape index (κ3) is 3.46. The van der Waals surface area contributed by atoms with E-state index in [1.54, 1.807) is 11.3 Å². The number of hydrogen-bond donors (Lipinski definition) is 1. The third-order valence-corrected chi connectivity index (χ3v) is 4.27. The van der Waals surface area contributed by atoms with Crippen LogP contribution in [0.2, 0.25) is 0 Å². The van der Waals surface area contributed by atoms with E-state index in [9.17, 15) is 0 Å². The second-order valence-electron chi connectivity index (χ2n) is 2.89. The van der Waals surface area contributed by atoms with Gasteiger partial charge in [-0.3, -0.25) is 4.98 Å². The van der Waals surface area contributed by atoms with Crippen LogP contribution in [0.15, 0.2) is 11.7 Å². The normalized spacial score (nSPS) is 21.4. The minimum atomic E-state index is 0. The summed E-state index contributed by atoms with van der Waals surface area (Å²) in [7, 11) is 0. The Hall–Kier alpha value is 0.230. The number of rotatable bonds is 3. The molecular formula is C8H13ClN2S2. The average molecular weight is 237 g/mol. The van der Waals surface area contributed by atoms with Crippen LogP contribution in [-0.2, 0) is 5.75 Å². The number of thioether (sulfide) groups is 1. The minimum absolute atomic E-state index is 0. The molecule has 5 heteroatoms. The maximum Gasteiger partial charge on any atom is 0.0794 e. The smallest absolute Gasteiger partial charge is 0.0794 e. The fourth-order valence-corrected chi connectivity index (χ4v) is 3.13. The highest BCUT2D eigenvalue weighted by Gasteiger charge is 2.14. The first-order valence-corrected chi connectivity index (χ1v) is 6.07. The van der Waals surface area contributed by atoms with E-state index < -0.39 is 0 Å². The number of halogens is 1. The second kappa shape index (κ2) is 5.86. The maximum atomic E-state index is 4.06. The third-order valence-electron chi connectivity index (χ3n) is 1.96. The standard InChI is InChI=1S/C8H12N2S2.ClH/c1-2-9-3-7(1)11-5-8-4-10-6-12-8;/h4,6-7,9H,1-3,5H2;1H. The van der Waals surface area contributed by atoms with Crippen LogP contribution in [0, 0.1) is 0 Å². The van der Waals surface area contributed by atoms with Gasteiger partial charge in [0.25, 0.3) is 0 Å². The van der Waals surface area contributed by atoms with Crippen molar-refractivity contribution < 1.29 is 0 Å². The fourth-order valence-electron chi connectivity index (χ4n) is 1.28. The summed E-state index contributed by atoms with van der Waals surface area (Å²) in [5, 5.41) is 4.20. The molecule has 1 unspecified atom stereocenters. The van der Waals surface area contributed by atoms with Gasteiger partial charge in [-0.2, -0.15) is 11.8 Å². The first-order chi connectivity index (χ1) is 5.95. The zero-order valence-corrected chi connectivity index (χ0v) is 9.68.